The highest BCUT2D eigenvalue weighted by atomic mass is 35.5. The molecule has 1 nitrogen and oxygen atoms in total. The van der Waals surface area contributed by atoms with Crippen molar-refractivity contribution in [3.05, 3.63) is 34.4 Å². The average Bonchev–Trinajstić information content (AvgIpc) is 2.77. The van der Waals surface area contributed by atoms with Crippen LogP contribution in [0.5, 0.6) is 0 Å². The van der Waals surface area contributed by atoms with E-state index < -0.39 is 17.7 Å². The lowest BCUT2D eigenvalue weighted by Crippen LogP contribution is -2.22. The smallest absolute Gasteiger partial charge is 0.149 e. The predicted molar refractivity (Wildman–Crippen MR) is 60.3 cm³/mol. The summed E-state index contributed by atoms with van der Waals surface area (Å²) in [5.41, 5.74) is 5.88. The molecule has 0 bridgehead atoms. The Kier molecular flexibility index (Phi) is 3.45. The maximum atomic E-state index is 13.7. The van der Waals surface area contributed by atoms with Crippen LogP contribution in [0.1, 0.15) is 37.3 Å². The van der Waals surface area contributed by atoms with Crippen molar-refractivity contribution in [2.24, 2.45) is 11.7 Å². The zero-order valence-electron chi connectivity index (χ0n) is 8.85. The number of benzene rings is 1. The molecule has 16 heavy (non-hydrogen) atoms. The molecule has 88 valence electrons. The molecule has 0 spiro atoms. The third-order valence-corrected chi connectivity index (χ3v) is 3.61. The van der Waals surface area contributed by atoms with Gasteiger partial charge < -0.3 is 5.73 Å². The molecular formula is C12H14ClF2N. The van der Waals surface area contributed by atoms with Crippen LogP contribution in [0.4, 0.5) is 8.78 Å². The van der Waals surface area contributed by atoms with Gasteiger partial charge in [0.25, 0.3) is 0 Å². The van der Waals surface area contributed by atoms with Crippen LogP contribution in [-0.2, 0) is 0 Å². The molecular weight excluding hydrogens is 232 g/mol. The zero-order chi connectivity index (χ0) is 11.7. The number of hydrogen-bond donors (Lipinski definition) is 1. The second-order valence-corrected chi connectivity index (χ2v) is 4.73. The maximum absolute atomic E-state index is 13.7. The van der Waals surface area contributed by atoms with Gasteiger partial charge in [0.2, 0.25) is 0 Å². The van der Waals surface area contributed by atoms with Crippen LogP contribution in [0, 0.1) is 17.6 Å². The van der Waals surface area contributed by atoms with Crippen LogP contribution in [0.3, 0.4) is 0 Å². The van der Waals surface area contributed by atoms with Gasteiger partial charge >= 0.3 is 0 Å². The molecule has 0 unspecified atom stereocenters. The standard InChI is InChI=1S/C12H14ClF2N/c13-8-5-6-9(14)10(11(8)15)12(16)7-3-1-2-4-7/h5-7,12H,1-4,16H2/t12-/m1/s1. The molecule has 1 aliphatic carbocycles. The van der Waals surface area contributed by atoms with Crippen molar-refractivity contribution < 1.29 is 8.78 Å². The van der Waals surface area contributed by atoms with Gasteiger partial charge in [-0.15, -0.1) is 0 Å². The highest BCUT2D eigenvalue weighted by Crippen LogP contribution is 2.37. The molecule has 2 N–H and O–H groups in total. The van der Waals surface area contributed by atoms with E-state index in [1.54, 1.807) is 0 Å². The molecule has 4 heteroatoms. The van der Waals surface area contributed by atoms with Crippen molar-refractivity contribution in [2.45, 2.75) is 31.7 Å². The molecule has 1 aliphatic rings. The van der Waals surface area contributed by atoms with Crippen LogP contribution < -0.4 is 5.73 Å². The van der Waals surface area contributed by atoms with E-state index in [2.05, 4.69) is 0 Å². The lowest BCUT2D eigenvalue weighted by atomic mass is 9.92. The number of hydrogen-bond acceptors (Lipinski definition) is 1. The molecule has 1 aromatic rings. The topological polar surface area (TPSA) is 26.0 Å². The van der Waals surface area contributed by atoms with Crippen LogP contribution in [0.25, 0.3) is 0 Å². The number of halogens is 3. The van der Waals surface area contributed by atoms with Crippen molar-refractivity contribution in [1.29, 1.82) is 0 Å². The average molecular weight is 246 g/mol. The monoisotopic (exact) mass is 245 g/mol. The van der Waals surface area contributed by atoms with Gasteiger partial charge in [-0.2, -0.15) is 0 Å². The maximum Gasteiger partial charge on any atom is 0.149 e. The van der Waals surface area contributed by atoms with Gasteiger partial charge in [0.15, 0.2) is 0 Å². The van der Waals surface area contributed by atoms with Gasteiger partial charge in [-0.25, -0.2) is 8.78 Å². The van der Waals surface area contributed by atoms with Gasteiger partial charge in [0.1, 0.15) is 11.6 Å². The Labute approximate surface area is 98.6 Å². The van der Waals surface area contributed by atoms with Crippen LogP contribution in [0.2, 0.25) is 5.02 Å². The fraction of sp³-hybridized carbons (Fsp3) is 0.500. The van der Waals surface area contributed by atoms with Crippen LogP contribution >= 0.6 is 11.6 Å². The molecule has 1 saturated carbocycles. The predicted octanol–water partition coefficient (Wildman–Crippen LogP) is 3.81. The molecule has 1 aromatic carbocycles. The van der Waals surface area contributed by atoms with Crippen molar-refractivity contribution in [1.82, 2.24) is 0 Å². The van der Waals surface area contributed by atoms with E-state index in [0.29, 0.717) is 0 Å². The minimum atomic E-state index is -0.707. The molecule has 0 heterocycles. The molecule has 0 aliphatic heterocycles. The summed E-state index contributed by atoms with van der Waals surface area (Å²) in [7, 11) is 0. The van der Waals surface area contributed by atoms with E-state index in [1.807, 2.05) is 0 Å². The molecule has 0 saturated heterocycles. The first-order chi connectivity index (χ1) is 7.61. The van der Waals surface area contributed by atoms with Crippen molar-refractivity contribution in [3.63, 3.8) is 0 Å². The molecule has 0 aromatic heterocycles. The summed E-state index contributed by atoms with van der Waals surface area (Å²) in [4.78, 5) is 0. The van der Waals surface area contributed by atoms with Crippen molar-refractivity contribution in [2.75, 3.05) is 0 Å². The Balaban J connectivity index is 2.34. The Hall–Kier alpha value is -0.670. The Morgan fingerprint density at radius 1 is 1.25 bits per heavy atom. The molecule has 2 rings (SSSR count). The first-order valence-electron chi connectivity index (χ1n) is 5.50. The van der Waals surface area contributed by atoms with Gasteiger partial charge in [-0.3, -0.25) is 0 Å². The second kappa shape index (κ2) is 4.68. The summed E-state index contributed by atoms with van der Waals surface area (Å²) < 4.78 is 27.3. The lowest BCUT2D eigenvalue weighted by Gasteiger charge is -2.20. The summed E-state index contributed by atoms with van der Waals surface area (Å²) in [5.74, 6) is -1.13. The Bertz CT molecular complexity index is 389. The quantitative estimate of drug-likeness (QED) is 0.788. The van der Waals surface area contributed by atoms with E-state index in [1.165, 1.54) is 12.1 Å². The molecule has 1 atom stereocenters. The Morgan fingerprint density at radius 3 is 2.50 bits per heavy atom. The van der Waals surface area contributed by atoms with E-state index in [4.69, 9.17) is 17.3 Å². The molecule has 0 amide bonds. The fourth-order valence-electron chi connectivity index (χ4n) is 2.40. The summed E-state index contributed by atoms with van der Waals surface area (Å²) in [6.07, 6.45) is 4.05. The van der Waals surface area contributed by atoms with E-state index in [-0.39, 0.29) is 16.5 Å². The minimum Gasteiger partial charge on any atom is -0.324 e. The summed E-state index contributed by atoms with van der Waals surface area (Å²) in [6.45, 7) is 0. The molecule has 1 fully saturated rings. The lowest BCUT2D eigenvalue weighted by molar-refractivity contribution is 0.410. The van der Waals surface area contributed by atoms with Gasteiger partial charge in [-0.05, 0) is 30.9 Å². The minimum absolute atomic E-state index is 0.0561. The normalized spacial score (nSPS) is 19.0. The van der Waals surface area contributed by atoms with E-state index in [9.17, 15) is 8.78 Å². The summed E-state index contributed by atoms with van der Waals surface area (Å²) in [6, 6.07) is 1.81. The number of rotatable bonds is 2. The van der Waals surface area contributed by atoms with E-state index >= 15 is 0 Å². The SMILES string of the molecule is N[C@@H](c1c(F)ccc(Cl)c1F)C1CCCC1. The summed E-state index contributed by atoms with van der Waals surface area (Å²) >= 11 is 5.64. The first-order valence-corrected chi connectivity index (χ1v) is 5.88. The van der Waals surface area contributed by atoms with E-state index in [0.717, 1.165) is 25.7 Å². The highest BCUT2D eigenvalue weighted by molar-refractivity contribution is 6.30. The van der Waals surface area contributed by atoms with Gasteiger partial charge in [-0.1, -0.05) is 24.4 Å². The van der Waals surface area contributed by atoms with Crippen LogP contribution in [-0.4, -0.2) is 0 Å². The van der Waals surface area contributed by atoms with Crippen LogP contribution in [0.15, 0.2) is 12.1 Å². The van der Waals surface area contributed by atoms with Gasteiger partial charge in [0.05, 0.1) is 5.02 Å². The largest absolute Gasteiger partial charge is 0.324 e. The summed E-state index contributed by atoms with van der Waals surface area (Å²) in [5, 5.41) is -0.0650. The van der Waals surface area contributed by atoms with Gasteiger partial charge in [0, 0.05) is 11.6 Å². The molecule has 0 radical (unpaired) electrons. The van der Waals surface area contributed by atoms with Crippen molar-refractivity contribution >= 4 is 11.6 Å². The zero-order valence-corrected chi connectivity index (χ0v) is 9.61. The number of nitrogens with two attached hydrogens (primary N) is 1. The Morgan fingerprint density at radius 2 is 1.88 bits per heavy atom. The third-order valence-electron chi connectivity index (χ3n) is 3.32. The third kappa shape index (κ3) is 2.06. The fourth-order valence-corrected chi connectivity index (χ4v) is 2.57. The second-order valence-electron chi connectivity index (χ2n) is 4.33. The highest BCUT2D eigenvalue weighted by Gasteiger charge is 2.28. The first kappa shape index (κ1) is 11.8. The van der Waals surface area contributed by atoms with Crippen molar-refractivity contribution in [3.8, 4) is 0 Å².